The largest absolute Gasteiger partial charge is 0.392 e. The van der Waals surface area contributed by atoms with Crippen LogP contribution in [0.1, 0.15) is 43.9 Å². The molecule has 0 aliphatic heterocycles. The fourth-order valence-corrected chi connectivity index (χ4v) is 2.50. The van der Waals surface area contributed by atoms with E-state index in [2.05, 4.69) is 12.6 Å². The van der Waals surface area contributed by atoms with Crippen molar-refractivity contribution in [3.63, 3.8) is 0 Å². The Morgan fingerprint density at radius 1 is 1.38 bits per heavy atom. The number of nitrogens with zero attached hydrogens (tertiary/aromatic N) is 1. The summed E-state index contributed by atoms with van der Waals surface area (Å²) in [6.45, 7) is 9.42. The number of fused-ring (bicyclic) bond motifs is 1. The molecule has 0 saturated heterocycles. The molecule has 1 N–H and O–H groups in total. The molecule has 0 heterocycles. The molecule has 21 heavy (non-hydrogen) atoms. The maximum atomic E-state index is 12.5. The van der Waals surface area contributed by atoms with Crippen molar-refractivity contribution in [2.45, 2.75) is 33.8 Å². The summed E-state index contributed by atoms with van der Waals surface area (Å²) in [6.07, 6.45) is 0.509. The minimum absolute atomic E-state index is 0.0361. The van der Waals surface area contributed by atoms with Crippen molar-refractivity contribution in [3.05, 3.63) is 47.0 Å². The molecule has 0 atom stereocenters. The number of nitriles is 1. The average Bonchev–Trinajstić information content (AvgIpc) is 2.75. The first kappa shape index (κ1) is 15.2. The van der Waals surface area contributed by atoms with Gasteiger partial charge in [0.1, 0.15) is 6.07 Å². The standard InChI is InChI=1S/C18H19NO2/c1-11-7-15(16(9-19)17(21)18(2,3)4)13-6-5-12(10-20)8-14(11)13/h5-6,8,20H,1,7,10H2,2-4H3/b16-15+. The monoisotopic (exact) mass is 281 g/mol. The highest BCUT2D eigenvalue weighted by atomic mass is 16.3. The van der Waals surface area contributed by atoms with Crippen LogP contribution in [0.5, 0.6) is 0 Å². The predicted octanol–water partition coefficient (Wildman–Crippen LogP) is 3.49. The normalized spacial score (nSPS) is 16.4. The maximum Gasteiger partial charge on any atom is 0.178 e. The van der Waals surface area contributed by atoms with Crippen molar-refractivity contribution < 1.29 is 9.90 Å². The third-order valence-corrected chi connectivity index (χ3v) is 3.68. The number of benzene rings is 1. The van der Waals surface area contributed by atoms with Gasteiger partial charge in [-0.3, -0.25) is 4.79 Å². The number of hydrogen-bond donors (Lipinski definition) is 1. The molecule has 3 heteroatoms. The molecule has 1 aliphatic carbocycles. The van der Waals surface area contributed by atoms with E-state index in [1.807, 2.05) is 39.0 Å². The molecule has 0 fully saturated rings. The summed E-state index contributed by atoms with van der Waals surface area (Å²) >= 11 is 0. The number of allylic oxidation sites excluding steroid dienone is 3. The Kier molecular flexibility index (Phi) is 3.85. The highest BCUT2D eigenvalue weighted by Crippen LogP contribution is 2.42. The highest BCUT2D eigenvalue weighted by Gasteiger charge is 2.31. The van der Waals surface area contributed by atoms with Crippen LogP contribution in [-0.2, 0) is 11.4 Å². The van der Waals surface area contributed by atoms with Gasteiger partial charge in [0.05, 0.1) is 12.2 Å². The molecule has 3 nitrogen and oxygen atoms in total. The molecule has 1 aromatic carbocycles. The molecular weight excluding hydrogens is 262 g/mol. The number of aliphatic hydroxyl groups excluding tert-OH is 1. The van der Waals surface area contributed by atoms with Gasteiger partial charge in [-0.05, 0) is 40.3 Å². The number of aliphatic hydroxyl groups is 1. The lowest BCUT2D eigenvalue weighted by atomic mass is 9.84. The third kappa shape index (κ3) is 2.68. The van der Waals surface area contributed by atoms with Gasteiger partial charge in [-0.25, -0.2) is 0 Å². The predicted molar refractivity (Wildman–Crippen MR) is 83.0 cm³/mol. The van der Waals surface area contributed by atoms with Gasteiger partial charge < -0.3 is 5.11 Å². The lowest BCUT2D eigenvalue weighted by Crippen LogP contribution is -2.22. The third-order valence-electron chi connectivity index (χ3n) is 3.68. The van der Waals surface area contributed by atoms with Gasteiger partial charge in [0.25, 0.3) is 0 Å². The lowest BCUT2D eigenvalue weighted by molar-refractivity contribution is -0.122. The van der Waals surface area contributed by atoms with Crippen LogP contribution in [0.15, 0.2) is 30.4 Å². The van der Waals surface area contributed by atoms with Crippen molar-refractivity contribution in [1.29, 1.82) is 5.26 Å². The summed E-state index contributed by atoms with van der Waals surface area (Å²) < 4.78 is 0. The lowest BCUT2D eigenvalue weighted by Gasteiger charge is -2.17. The number of carbonyl (C=O) groups is 1. The van der Waals surface area contributed by atoms with Crippen molar-refractivity contribution in [2.75, 3.05) is 0 Å². The zero-order chi connectivity index (χ0) is 15.8. The number of carbonyl (C=O) groups excluding carboxylic acids is 1. The van der Waals surface area contributed by atoms with Gasteiger partial charge >= 0.3 is 0 Å². The van der Waals surface area contributed by atoms with Crippen molar-refractivity contribution in [1.82, 2.24) is 0 Å². The minimum Gasteiger partial charge on any atom is -0.392 e. The van der Waals surface area contributed by atoms with Gasteiger partial charge in [0.15, 0.2) is 5.78 Å². The van der Waals surface area contributed by atoms with Crippen molar-refractivity contribution in [3.8, 4) is 6.07 Å². The van der Waals surface area contributed by atoms with E-state index in [9.17, 15) is 15.2 Å². The van der Waals surface area contributed by atoms with Crippen molar-refractivity contribution in [2.24, 2.45) is 5.41 Å². The summed E-state index contributed by atoms with van der Waals surface area (Å²) in [5.74, 6) is -0.146. The quantitative estimate of drug-likeness (QED) is 0.666. The van der Waals surface area contributed by atoms with Crippen LogP contribution in [0.4, 0.5) is 0 Å². The Balaban J connectivity index is 2.63. The Hall–Kier alpha value is -2.18. The number of hydrogen-bond acceptors (Lipinski definition) is 3. The molecule has 0 spiro atoms. The van der Waals surface area contributed by atoms with Gasteiger partial charge in [-0.2, -0.15) is 5.26 Å². The van der Waals surface area contributed by atoms with Gasteiger partial charge in [0.2, 0.25) is 0 Å². The molecular formula is C18H19NO2. The Morgan fingerprint density at radius 2 is 2.05 bits per heavy atom. The molecule has 2 rings (SSSR count). The van der Waals surface area contributed by atoms with E-state index in [0.717, 1.165) is 27.8 Å². The first-order valence-corrected chi connectivity index (χ1v) is 6.90. The summed E-state index contributed by atoms with van der Waals surface area (Å²) in [6, 6.07) is 7.63. The van der Waals surface area contributed by atoms with E-state index < -0.39 is 5.41 Å². The van der Waals surface area contributed by atoms with E-state index in [1.165, 1.54) is 0 Å². The topological polar surface area (TPSA) is 61.1 Å². The first-order chi connectivity index (χ1) is 9.79. The van der Waals surface area contributed by atoms with Crippen LogP contribution in [0.2, 0.25) is 0 Å². The Labute approximate surface area is 125 Å². The zero-order valence-electron chi connectivity index (χ0n) is 12.7. The summed E-state index contributed by atoms with van der Waals surface area (Å²) in [5, 5.41) is 18.7. The van der Waals surface area contributed by atoms with Crippen LogP contribution < -0.4 is 0 Å². The van der Waals surface area contributed by atoms with Crippen LogP contribution in [-0.4, -0.2) is 10.9 Å². The second-order valence-electron chi connectivity index (χ2n) is 6.36. The van der Waals surface area contributed by atoms with E-state index in [-0.39, 0.29) is 18.0 Å². The van der Waals surface area contributed by atoms with Crippen LogP contribution >= 0.6 is 0 Å². The molecule has 1 aliphatic rings. The fourth-order valence-electron chi connectivity index (χ4n) is 2.50. The van der Waals surface area contributed by atoms with Gasteiger partial charge in [-0.1, -0.05) is 39.5 Å². The highest BCUT2D eigenvalue weighted by molar-refractivity contribution is 6.12. The molecule has 0 saturated carbocycles. The van der Waals surface area contributed by atoms with Gasteiger partial charge in [-0.15, -0.1) is 0 Å². The summed E-state index contributed by atoms with van der Waals surface area (Å²) in [7, 11) is 0. The van der Waals surface area contributed by atoms with Crippen molar-refractivity contribution >= 4 is 16.9 Å². The van der Waals surface area contributed by atoms with Crippen LogP contribution in [0, 0.1) is 16.7 Å². The molecule has 0 aromatic heterocycles. The molecule has 1 aromatic rings. The van der Waals surface area contributed by atoms with Crippen LogP contribution in [0.3, 0.4) is 0 Å². The van der Waals surface area contributed by atoms with Crippen LogP contribution in [0.25, 0.3) is 11.1 Å². The van der Waals surface area contributed by atoms with E-state index >= 15 is 0 Å². The molecule has 0 unspecified atom stereocenters. The zero-order valence-corrected chi connectivity index (χ0v) is 12.7. The first-order valence-electron chi connectivity index (χ1n) is 6.90. The number of ketones is 1. The maximum absolute atomic E-state index is 12.5. The molecule has 0 bridgehead atoms. The molecule has 0 amide bonds. The average molecular weight is 281 g/mol. The Morgan fingerprint density at radius 3 is 2.57 bits per heavy atom. The smallest absolute Gasteiger partial charge is 0.178 e. The SMILES string of the molecule is C=C1C/C(=C(/C#N)C(=O)C(C)(C)C)c2ccc(CO)cc21. The Bertz CT molecular complexity index is 697. The minimum atomic E-state index is -0.590. The second-order valence-corrected chi connectivity index (χ2v) is 6.36. The number of Topliss-reactive ketones (excluding diaryl/α,β-unsaturated/α-hetero) is 1. The summed E-state index contributed by atoms with van der Waals surface area (Å²) in [4.78, 5) is 12.5. The van der Waals surface area contributed by atoms with E-state index in [4.69, 9.17) is 0 Å². The van der Waals surface area contributed by atoms with E-state index in [1.54, 1.807) is 0 Å². The van der Waals surface area contributed by atoms with E-state index in [0.29, 0.717) is 6.42 Å². The summed E-state index contributed by atoms with van der Waals surface area (Å²) in [5.41, 5.74) is 3.87. The second kappa shape index (κ2) is 5.31. The number of rotatable bonds is 2. The van der Waals surface area contributed by atoms with Gasteiger partial charge in [0, 0.05) is 5.41 Å². The molecule has 108 valence electrons. The fraction of sp³-hybridized carbons (Fsp3) is 0.333. The molecule has 0 radical (unpaired) electrons.